The van der Waals surface area contributed by atoms with Crippen LogP contribution >= 0.6 is 15.9 Å². The van der Waals surface area contributed by atoms with Crippen LogP contribution in [0.1, 0.15) is 22.7 Å². The van der Waals surface area contributed by atoms with Crippen molar-refractivity contribution >= 4 is 27.6 Å². The predicted octanol–water partition coefficient (Wildman–Crippen LogP) is 5.07. The van der Waals surface area contributed by atoms with E-state index < -0.39 is 0 Å². The molecule has 1 atom stereocenters. The van der Waals surface area contributed by atoms with Crippen LogP contribution in [0.3, 0.4) is 0 Å². The average Bonchev–Trinajstić information content (AvgIpc) is 3.27. The molecule has 0 spiro atoms. The summed E-state index contributed by atoms with van der Waals surface area (Å²) in [4.78, 5) is 0. The van der Waals surface area contributed by atoms with Crippen LogP contribution < -0.4 is 10.1 Å². The molecule has 1 unspecified atom stereocenters. The molecule has 0 radical (unpaired) electrons. The molecule has 3 aromatic carbocycles. The van der Waals surface area contributed by atoms with E-state index in [1.54, 1.807) is 4.68 Å². The van der Waals surface area contributed by atoms with Gasteiger partial charge in [-0.2, -0.15) is 4.68 Å². The molecule has 30 heavy (non-hydrogen) atoms. The van der Waals surface area contributed by atoms with Gasteiger partial charge in [0.05, 0.1) is 0 Å². The van der Waals surface area contributed by atoms with Gasteiger partial charge < -0.3 is 10.1 Å². The molecular formula is C23H18BrN5O. The fourth-order valence-corrected chi connectivity index (χ4v) is 3.66. The first-order chi connectivity index (χ1) is 14.8. The molecule has 0 saturated carbocycles. The maximum Gasteiger partial charge on any atom is 0.248 e. The molecule has 0 amide bonds. The Morgan fingerprint density at radius 1 is 0.933 bits per heavy atom. The molecule has 1 aliphatic rings. The van der Waals surface area contributed by atoms with E-state index in [0.717, 1.165) is 32.6 Å². The number of nitrogens with zero attached hydrogens (tertiary/aromatic N) is 4. The number of benzene rings is 3. The Morgan fingerprint density at radius 3 is 2.47 bits per heavy atom. The van der Waals surface area contributed by atoms with Gasteiger partial charge in [0.2, 0.25) is 5.95 Å². The SMILES string of the molecule is Brc1ccc(C2=CC(c3ccc(OCc4ccccc4)cc3)n3nnnc3N2)cc1. The lowest BCUT2D eigenvalue weighted by atomic mass is 10.0. The highest BCUT2D eigenvalue weighted by atomic mass is 79.9. The van der Waals surface area contributed by atoms with E-state index in [0.29, 0.717) is 12.6 Å². The summed E-state index contributed by atoms with van der Waals surface area (Å²) in [5, 5.41) is 15.4. The summed E-state index contributed by atoms with van der Waals surface area (Å²) in [7, 11) is 0. The lowest BCUT2D eigenvalue weighted by Gasteiger charge is -2.23. The number of hydrogen-bond donors (Lipinski definition) is 1. The quantitative estimate of drug-likeness (QED) is 0.451. The number of anilines is 1. The normalized spacial score (nSPS) is 15.1. The number of tetrazole rings is 1. The highest BCUT2D eigenvalue weighted by Gasteiger charge is 2.24. The van der Waals surface area contributed by atoms with Crippen LogP contribution in [0.15, 0.2) is 89.4 Å². The van der Waals surface area contributed by atoms with Gasteiger partial charge >= 0.3 is 0 Å². The number of ether oxygens (including phenoxy) is 1. The molecule has 2 heterocycles. The van der Waals surface area contributed by atoms with Gasteiger partial charge in [-0.25, -0.2) is 0 Å². The summed E-state index contributed by atoms with van der Waals surface area (Å²) in [6.07, 6.45) is 2.13. The van der Waals surface area contributed by atoms with Crippen molar-refractivity contribution in [2.45, 2.75) is 12.6 Å². The molecule has 4 aromatic rings. The number of allylic oxidation sites excluding steroid dienone is 1. The van der Waals surface area contributed by atoms with Gasteiger partial charge in [-0.15, -0.1) is 0 Å². The molecule has 148 valence electrons. The topological polar surface area (TPSA) is 64.9 Å². The number of fused-ring (bicyclic) bond motifs is 1. The smallest absolute Gasteiger partial charge is 0.248 e. The Kier molecular flexibility index (Phi) is 5.03. The third kappa shape index (κ3) is 3.84. The fraction of sp³-hybridized carbons (Fsp3) is 0.0870. The highest BCUT2D eigenvalue weighted by molar-refractivity contribution is 9.10. The van der Waals surface area contributed by atoms with Crippen LogP contribution in [-0.2, 0) is 6.61 Å². The van der Waals surface area contributed by atoms with E-state index in [2.05, 4.69) is 79.2 Å². The van der Waals surface area contributed by atoms with Crippen molar-refractivity contribution in [1.29, 1.82) is 0 Å². The standard InChI is InChI=1S/C23H18BrN5O/c24-19-10-6-17(7-11-19)21-14-22(29-23(25-21)26-27-28-29)18-8-12-20(13-9-18)30-15-16-4-2-1-3-5-16/h1-14,22H,15H2,(H,25,26,28). The number of halogens is 1. The van der Waals surface area contributed by atoms with E-state index in [-0.39, 0.29) is 6.04 Å². The molecule has 5 rings (SSSR count). The number of nitrogens with one attached hydrogen (secondary N) is 1. The van der Waals surface area contributed by atoms with Gasteiger partial charge in [-0.1, -0.05) is 75.6 Å². The van der Waals surface area contributed by atoms with E-state index >= 15 is 0 Å². The van der Waals surface area contributed by atoms with Crippen molar-refractivity contribution in [2.24, 2.45) is 0 Å². The maximum absolute atomic E-state index is 5.91. The van der Waals surface area contributed by atoms with E-state index in [9.17, 15) is 0 Å². The van der Waals surface area contributed by atoms with Crippen molar-refractivity contribution in [1.82, 2.24) is 20.2 Å². The Hall–Kier alpha value is -3.45. The van der Waals surface area contributed by atoms with Gasteiger partial charge in [0, 0.05) is 10.2 Å². The zero-order valence-electron chi connectivity index (χ0n) is 15.9. The summed E-state index contributed by atoms with van der Waals surface area (Å²) in [5.41, 5.74) is 4.26. The van der Waals surface area contributed by atoms with Gasteiger partial charge in [0.1, 0.15) is 18.4 Å². The Morgan fingerprint density at radius 2 is 1.70 bits per heavy atom. The van der Waals surface area contributed by atoms with Crippen molar-refractivity contribution in [3.8, 4) is 5.75 Å². The molecule has 1 N–H and O–H groups in total. The molecule has 0 aliphatic carbocycles. The minimum atomic E-state index is -0.113. The average molecular weight is 460 g/mol. The van der Waals surface area contributed by atoms with Crippen molar-refractivity contribution in [2.75, 3.05) is 5.32 Å². The highest BCUT2D eigenvalue weighted by Crippen LogP contribution is 2.32. The molecule has 6 nitrogen and oxygen atoms in total. The fourth-order valence-electron chi connectivity index (χ4n) is 3.39. The number of hydrogen-bond acceptors (Lipinski definition) is 5. The van der Waals surface area contributed by atoms with Crippen molar-refractivity contribution < 1.29 is 4.74 Å². The number of rotatable bonds is 5. The molecule has 7 heteroatoms. The van der Waals surface area contributed by atoms with Gasteiger partial charge in [-0.05, 0) is 57.5 Å². The molecule has 1 aromatic heterocycles. The van der Waals surface area contributed by atoms with E-state index in [1.165, 1.54) is 0 Å². The number of aromatic nitrogens is 4. The second kappa shape index (κ2) is 8.12. The lowest BCUT2D eigenvalue weighted by Crippen LogP contribution is -2.20. The molecule has 0 saturated heterocycles. The molecule has 0 bridgehead atoms. The van der Waals surface area contributed by atoms with Crippen molar-refractivity contribution in [3.63, 3.8) is 0 Å². The lowest BCUT2D eigenvalue weighted by molar-refractivity contribution is 0.306. The summed E-state index contributed by atoms with van der Waals surface area (Å²) in [6.45, 7) is 0.540. The van der Waals surface area contributed by atoms with Crippen molar-refractivity contribution in [3.05, 3.63) is 106 Å². The zero-order valence-corrected chi connectivity index (χ0v) is 17.5. The zero-order chi connectivity index (χ0) is 20.3. The predicted molar refractivity (Wildman–Crippen MR) is 119 cm³/mol. The van der Waals surface area contributed by atoms with Crippen LogP contribution in [0.4, 0.5) is 5.95 Å². The van der Waals surface area contributed by atoms with Crippen LogP contribution in [0.5, 0.6) is 5.75 Å². The van der Waals surface area contributed by atoms with Crippen LogP contribution in [0.25, 0.3) is 5.70 Å². The minimum Gasteiger partial charge on any atom is -0.489 e. The molecule has 1 aliphatic heterocycles. The summed E-state index contributed by atoms with van der Waals surface area (Å²) in [5.74, 6) is 1.44. The second-order valence-corrected chi connectivity index (χ2v) is 7.86. The first kappa shape index (κ1) is 18.6. The Labute approximate surface area is 182 Å². The van der Waals surface area contributed by atoms with E-state index in [1.807, 2.05) is 42.5 Å². The maximum atomic E-state index is 5.91. The third-order valence-electron chi connectivity index (χ3n) is 4.95. The first-order valence-electron chi connectivity index (χ1n) is 9.55. The Bertz CT molecular complexity index is 1170. The first-order valence-corrected chi connectivity index (χ1v) is 10.3. The van der Waals surface area contributed by atoms with Gasteiger partial charge in [0.15, 0.2) is 0 Å². The second-order valence-electron chi connectivity index (χ2n) is 6.95. The van der Waals surface area contributed by atoms with Crippen LogP contribution in [-0.4, -0.2) is 20.2 Å². The monoisotopic (exact) mass is 459 g/mol. The summed E-state index contributed by atoms with van der Waals surface area (Å²) < 4.78 is 8.73. The van der Waals surface area contributed by atoms with Crippen LogP contribution in [0.2, 0.25) is 0 Å². The molecule has 0 fully saturated rings. The minimum absolute atomic E-state index is 0.113. The third-order valence-corrected chi connectivity index (χ3v) is 5.48. The van der Waals surface area contributed by atoms with Gasteiger partial charge in [0.25, 0.3) is 0 Å². The Balaban J connectivity index is 1.40. The van der Waals surface area contributed by atoms with Crippen LogP contribution in [0, 0.1) is 0 Å². The summed E-state index contributed by atoms with van der Waals surface area (Å²) in [6, 6.07) is 26.2. The van der Waals surface area contributed by atoms with Gasteiger partial charge in [-0.3, -0.25) is 0 Å². The summed E-state index contributed by atoms with van der Waals surface area (Å²) >= 11 is 3.48. The molecular weight excluding hydrogens is 442 g/mol. The largest absolute Gasteiger partial charge is 0.489 e. The van der Waals surface area contributed by atoms with E-state index in [4.69, 9.17) is 4.74 Å².